The summed E-state index contributed by atoms with van der Waals surface area (Å²) in [5.74, 6) is 0.814. The topological polar surface area (TPSA) is 68.3 Å². The highest BCUT2D eigenvalue weighted by Gasteiger charge is 2.17. The standard InChI is InChI=1S/C19H20N2O3S/c1-2-24-17-10-8-15(9-11-17)12-14-21-25(22,23)18-7-3-5-16-6-4-13-20-19(16)18/h3-11,13,21H,2,12,14H2,1H3. The lowest BCUT2D eigenvalue weighted by atomic mass is 10.1. The van der Waals surface area contributed by atoms with Gasteiger partial charge in [0.2, 0.25) is 10.0 Å². The van der Waals surface area contributed by atoms with Gasteiger partial charge in [0.1, 0.15) is 10.6 Å². The predicted octanol–water partition coefficient (Wildman–Crippen LogP) is 3.15. The number of hydrogen-bond acceptors (Lipinski definition) is 4. The van der Waals surface area contributed by atoms with E-state index in [2.05, 4.69) is 9.71 Å². The summed E-state index contributed by atoms with van der Waals surface area (Å²) >= 11 is 0. The third-order valence-corrected chi connectivity index (χ3v) is 5.32. The van der Waals surface area contributed by atoms with E-state index in [9.17, 15) is 8.42 Å². The van der Waals surface area contributed by atoms with Gasteiger partial charge < -0.3 is 4.74 Å². The number of benzene rings is 2. The van der Waals surface area contributed by atoms with Crippen LogP contribution in [-0.4, -0.2) is 26.6 Å². The van der Waals surface area contributed by atoms with Gasteiger partial charge in [-0.05, 0) is 43.2 Å². The maximum Gasteiger partial charge on any atom is 0.242 e. The quantitative estimate of drug-likeness (QED) is 0.706. The molecule has 0 atom stereocenters. The second-order valence-electron chi connectivity index (χ2n) is 5.56. The van der Waals surface area contributed by atoms with Gasteiger partial charge in [0.15, 0.2) is 0 Å². The second-order valence-corrected chi connectivity index (χ2v) is 7.29. The molecule has 0 spiro atoms. The van der Waals surface area contributed by atoms with E-state index in [0.29, 0.717) is 25.1 Å². The Morgan fingerprint density at radius 1 is 1.04 bits per heavy atom. The van der Waals surface area contributed by atoms with Crippen molar-refractivity contribution in [2.24, 2.45) is 0 Å². The molecule has 1 heterocycles. The van der Waals surface area contributed by atoms with E-state index in [1.807, 2.05) is 43.3 Å². The van der Waals surface area contributed by atoms with E-state index in [4.69, 9.17) is 4.74 Å². The van der Waals surface area contributed by atoms with E-state index >= 15 is 0 Å². The van der Waals surface area contributed by atoms with Gasteiger partial charge in [-0.25, -0.2) is 13.1 Å². The molecule has 0 amide bonds. The molecule has 0 saturated heterocycles. The molecular weight excluding hydrogens is 336 g/mol. The molecule has 25 heavy (non-hydrogen) atoms. The van der Waals surface area contributed by atoms with Crippen LogP contribution in [0.2, 0.25) is 0 Å². The third kappa shape index (κ3) is 4.15. The van der Waals surface area contributed by atoms with Crippen molar-refractivity contribution < 1.29 is 13.2 Å². The highest BCUT2D eigenvalue weighted by Crippen LogP contribution is 2.20. The normalized spacial score (nSPS) is 11.6. The Morgan fingerprint density at radius 2 is 1.80 bits per heavy atom. The Labute approximate surface area is 147 Å². The van der Waals surface area contributed by atoms with E-state index in [1.165, 1.54) is 0 Å². The lowest BCUT2D eigenvalue weighted by Gasteiger charge is -2.09. The van der Waals surface area contributed by atoms with Crippen molar-refractivity contribution in [2.45, 2.75) is 18.2 Å². The molecule has 0 aliphatic carbocycles. The predicted molar refractivity (Wildman–Crippen MR) is 98.2 cm³/mol. The minimum atomic E-state index is -3.61. The van der Waals surface area contributed by atoms with E-state index in [-0.39, 0.29) is 4.90 Å². The van der Waals surface area contributed by atoms with Crippen LogP contribution >= 0.6 is 0 Å². The first kappa shape index (κ1) is 17.4. The lowest BCUT2D eigenvalue weighted by Crippen LogP contribution is -2.26. The van der Waals surface area contributed by atoms with Crippen LogP contribution in [0.3, 0.4) is 0 Å². The minimum Gasteiger partial charge on any atom is -0.494 e. The molecule has 0 unspecified atom stereocenters. The maximum absolute atomic E-state index is 12.6. The summed E-state index contributed by atoms with van der Waals surface area (Å²) in [4.78, 5) is 4.41. The number of sulfonamides is 1. The number of hydrogen-bond donors (Lipinski definition) is 1. The van der Waals surface area contributed by atoms with Crippen molar-refractivity contribution in [1.82, 2.24) is 9.71 Å². The second kappa shape index (κ2) is 7.63. The summed E-state index contributed by atoms with van der Waals surface area (Å²) in [6.45, 7) is 2.88. The molecule has 3 rings (SSSR count). The average molecular weight is 356 g/mol. The number of rotatable bonds is 7. The van der Waals surface area contributed by atoms with Crippen molar-refractivity contribution in [3.63, 3.8) is 0 Å². The Kier molecular flexibility index (Phi) is 5.31. The zero-order valence-corrected chi connectivity index (χ0v) is 14.8. The van der Waals surface area contributed by atoms with Crippen LogP contribution in [-0.2, 0) is 16.4 Å². The van der Waals surface area contributed by atoms with Crippen molar-refractivity contribution >= 4 is 20.9 Å². The highest BCUT2D eigenvalue weighted by atomic mass is 32.2. The van der Waals surface area contributed by atoms with Crippen LogP contribution in [0.25, 0.3) is 10.9 Å². The summed E-state index contributed by atoms with van der Waals surface area (Å²) < 4.78 is 33.3. The summed E-state index contributed by atoms with van der Waals surface area (Å²) in [5, 5.41) is 0.803. The largest absolute Gasteiger partial charge is 0.494 e. The van der Waals surface area contributed by atoms with Crippen molar-refractivity contribution in [3.05, 3.63) is 66.4 Å². The van der Waals surface area contributed by atoms with Gasteiger partial charge in [0.05, 0.1) is 12.1 Å². The minimum absolute atomic E-state index is 0.206. The van der Waals surface area contributed by atoms with Crippen LogP contribution < -0.4 is 9.46 Å². The van der Waals surface area contributed by atoms with Crippen molar-refractivity contribution in [1.29, 1.82) is 0 Å². The van der Waals surface area contributed by atoms with E-state index in [0.717, 1.165) is 16.7 Å². The van der Waals surface area contributed by atoms with E-state index < -0.39 is 10.0 Å². The summed E-state index contributed by atoms with van der Waals surface area (Å²) in [6, 6.07) is 16.5. The number of aromatic nitrogens is 1. The van der Waals surface area contributed by atoms with Crippen LogP contribution in [0.4, 0.5) is 0 Å². The molecule has 130 valence electrons. The number of nitrogens with zero attached hydrogens (tertiary/aromatic N) is 1. The molecule has 0 radical (unpaired) electrons. The van der Waals surface area contributed by atoms with Crippen molar-refractivity contribution in [3.8, 4) is 5.75 Å². The van der Waals surface area contributed by atoms with Gasteiger partial charge >= 0.3 is 0 Å². The van der Waals surface area contributed by atoms with Crippen LogP contribution in [0.5, 0.6) is 5.75 Å². The zero-order valence-electron chi connectivity index (χ0n) is 14.0. The molecule has 0 aliphatic heterocycles. The summed E-state index contributed by atoms with van der Waals surface area (Å²) in [6.07, 6.45) is 2.20. The summed E-state index contributed by atoms with van der Waals surface area (Å²) in [7, 11) is -3.61. The average Bonchev–Trinajstić information content (AvgIpc) is 2.63. The van der Waals surface area contributed by atoms with Crippen molar-refractivity contribution in [2.75, 3.05) is 13.2 Å². The fourth-order valence-electron chi connectivity index (χ4n) is 2.62. The molecule has 0 saturated carbocycles. The number of pyridine rings is 1. The molecule has 2 aromatic carbocycles. The molecule has 0 bridgehead atoms. The molecule has 0 fully saturated rings. The van der Waals surface area contributed by atoms with Crippen LogP contribution in [0.1, 0.15) is 12.5 Å². The van der Waals surface area contributed by atoms with Crippen LogP contribution in [0.15, 0.2) is 65.7 Å². The molecule has 5 nitrogen and oxygen atoms in total. The van der Waals surface area contributed by atoms with Gasteiger partial charge in [0.25, 0.3) is 0 Å². The van der Waals surface area contributed by atoms with E-state index in [1.54, 1.807) is 24.4 Å². The number of para-hydroxylation sites is 1. The number of ether oxygens (including phenoxy) is 1. The molecule has 3 aromatic rings. The molecule has 1 aromatic heterocycles. The maximum atomic E-state index is 12.6. The first-order chi connectivity index (χ1) is 12.1. The first-order valence-corrected chi connectivity index (χ1v) is 9.63. The Hall–Kier alpha value is -2.44. The fraction of sp³-hybridized carbons (Fsp3) is 0.211. The summed E-state index contributed by atoms with van der Waals surface area (Å²) in [5.41, 5.74) is 1.53. The first-order valence-electron chi connectivity index (χ1n) is 8.15. The van der Waals surface area contributed by atoms with Gasteiger partial charge in [-0.3, -0.25) is 4.98 Å². The Bertz CT molecular complexity index is 949. The van der Waals surface area contributed by atoms with Crippen LogP contribution in [0, 0.1) is 0 Å². The lowest BCUT2D eigenvalue weighted by molar-refractivity contribution is 0.340. The van der Waals surface area contributed by atoms with Gasteiger partial charge in [-0.2, -0.15) is 0 Å². The molecule has 6 heteroatoms. The molecule has 1 N–H and O–H groups in total. The smallest absolute Gasteiger partial charge is 0.242 e. The number of nitrogens with one attached hydrogen (secondary N) is 1. The Balaban J connectivity index is 1.69. The molecular formula is C19H20N2O3S. The van der Waals surface area contributed by atoms with Gasteiger partial charge in [-0.15, -0.1) is 0 Å². The van der Waals surface area contributed by atoms with Gasteiger partial charge in [0, 0.05) is 18.1 Å². The Morgan fingerprint density at radius 3 is 2.56 bits per heavy atom. The SMILES string of the molecule is CCOc1ccc(CCNS(=O)(=O)c2cccc3cccnc23)cc1. The highest BCUT2D eigenvalue weighted by molar-refractivity contribution is 7.89. The number of fused-ring (bicyclic) bond motifs is 1. The zero-order chi connectivity index (χ0) is 17.7. The fourth-order valence-corrected chi connectivity index (χ4v) is 3.83. The van der Waals surface area contributed by atoms with Gasteiger partial charge in [-0.1, -0.05) is 30.3 Å². The monoisotopic (exact) mass is 356 g/mol. The molecule has 0 aliphatic rings. The third-order valence-electron chi connectivity index (χ3n) is 3.83.